The monoisotopic (exact) mass is 332 g/mol. The molecule has 5 nitrogen and oxygen atoms in total. The Morgan fingerprint density at radius 1 is 1.04 bits per heavy atom. The van der Waals surface area contributed by atoms with Gasteiger partial charge >= 0.3 is 0 Å². The minimum Gasteiger partial charge on any atom is -0.495 e. The molecule has 23 heavy (non-hydrogen) atoms. The van der Waals surface area contributed by atoms with Gasteiger partial charge in [-0.1, -0.05) is 18.2 Å². The standard InChI is InChI=1S/C17H20N2O3S/c1-22-17-10-9-14(19-11-5-6-12-19)13-16(17)18-23(20,21)15-7-3-2-4-8-15/h2-4,7-10,13,18H,5-6,11-12H2,1H3. The molecule has 122 valence electrons. The van der Waals surface area contributed by atoms with Crippen molar-refractivity contribution in [3.8, 4) is 5.75 Å². The lowest BCUT2D eigenvalue weighted by Crippen LogP contribution is -2.18. The highest BCUT2D eigenvalue weighted by atomic mass is 32.2. The van der Waals surface area contributed by atoms with E-state index in [1.807, 2.05) is 12.1 Å². The molecule has 1 saturated heterocycles. The molecule has 2 aromatic carbocycles. The van der Waals surface area contributed by atoms with Crippen molar-refractivity contribution >= 4 is 21.4 Å². The molecule has 0 aromatic heterocycles. The van der Waals surface area contributed by atoms with Crippen LogP contribution in [-0.4, -0.2) is 28.6 Å². The second kappa shape index (κ2) is 6.50. The van der Waals surface area contributed by atoms with Crippen LogP contribution in [0, 0.1) is 0 Å². The van der Waals surface area contributed by atoms with Gasteiger partial charge in [0.15, 0.2) is 0 Å². The van der Waals surface area contributed by atoms with Gasteiger partial charge in [0.1, 0.15) is 5.75 Å². The molecule has 1 aliphatic heterocycles. The minimum absolute atomic E-state index is 0.230. The van der Waals surface area contributed by atoms with E-state index in [-0.39, 0.29) is 4.90 Å². The van der Waals surface area contributed by atoms with E-state index in [9.17, 15) is 8.42 Å². The number of hydrogen-bond donors (Lipinski definition) is 1. The van der Waals surface area contributed by atoms with Crippen LogP contribution in [0.5, 0.6) is 5.75 Å². The summed E-state index contributed by atoms with van der Waals surface area (Å²) in [6, 6.07) is 13.9. The summed E-state index contributed by atoms with van der Waals surface area (Å²) < 4.78 is 33.0. The summed E-state index contributed by atoms with van der Waals surface area (Å²) in [5.74, 6) is 0.507. The van der Waals surface area contributed by atoms with Crippen LogP contribution in [0.2, 0.25) is 0 Å². The Labute approximate surface area is 136 Å². The van der Waals surface area contributed by atoms with E-state index in [2.05, 4.69) is 9.62 Å². The molecule has 3 rings (SSSR count). The number of ether oxygens (including phenoxy) is 1. The predicted octanol–water partition coefficient (Wildman–Crippen LogP) is 3.10. The summed E-state index contributed by atoms with van der Waals surface area (Å²) in [6.45, 7) is 1.99. The Morgan fingerprint density at radius 3 is 2.39 bits per heavy atom. The zero-order chi connectivity index (χ0) is 16.3. The van der Waals surface area contributed by atoms with Gasteiger partial charge in [-0.2, -0.15) is 0 Å². The fourth-order valence-electron chi connectivity index (χ4n) is 2.75. The summed E-state index contributed by atoms with van der Waals surface area (Å²) in [7, 11) is -2.10. The second-order valence-electron chi connectivity index (χ2n) is 5.50. The normalized spacial score (nSPS) is 14.7. The summed E-state index contributed by atoms with van der Waals surface area (Å²) in [5, 5.41) is 0. The second-order valence-corrected chi connectivity index (χ2v) is 7.18. The van der Waals surface area contributed by atoms with Gasteiger partial charge in [-0.3, -0.25) is 4.72 Å². The molecule has 0 unspecified atom stereocenters. The van der Waals surface area contributed by atoms with Gasteiger partial charge in [0, 0.05) is 18.8 Å². The topological polar surface area (TPSA) is 58.6 Å². The van der Waals surface area contributed by atoms with Gasteiger partial charge in [-0.15, -0.1) is 0 Å². The molecular weight excluding hydrogens is 312 g/mol. The molecule has 1 heterocycles. The number of benzene rings is 2. The van der Waals surface area contributed by atoms with Crippen LogP contribution in [0.3, 0.4) is 0 Å². The van der Waals surface area contributed by atoms with Crippen LogP contribution >= 0.6 is 0 Å². The van der Waals surface area contributed by atoms with E-state index in [1.165, 1.54) is 7.11 Å². The maximum Gasteiger partial charge on any atom is 0.262 e. The van der Waals surface area contributed by atoms with Crippen molar-refractivity contribution in [2.45, 2.75) is 17.7 Å². The molecular formula is C17H20N2O3S. The fourth-order valence-corrected chi connectivity index (χ4v) is 3.83. The van der Waals surface area contributed by atoms with Gasteiger partial charge in [-0.05, 0) is 43.2 Å². The quantitative estimate of drug-likeness (QED) is 0.914. The smallest absolute Gasteiger partial charge is 0.262 e. The zero-order valence-electron chi connectivity index (χ0n) is 13.0. The molecule has 1 N–H and O–H groups in total. The van der Waals surface area contributed by atoms with E-state index in [4.69, 9.17) is 4.74 Å². The van der Waals surface area contributed by atoms with Crippen LogP contribution in [0.1, 0.15) is 12.8 Å². The van der Waals surface area contributed by atoms with Gasteiger partial charge in [0.25, 0.3) is 10.0 Å². The lowest BCUT2D eigenvalue weighted by Gasteiger charge is -2.20. The summed E-state index contributed by atoms with van der Waals surface area (Å²) in [4.78, 5) is 2.48. The molecule has 0 aliphatic carbocycles. The first-order chi connectivity index (χ1) is 11.1. The summed E-state index contributed by atoms with van der Waals surface area (Å²) in [5.41, 5.74) is 1.47. The fraction of sp³-hybridized carbons (Fsp3) is 0.294. The number of nitrogens with one attached hydrogen (secondary N) is 1. The first-order valence-corrected chi connectivity index (χ1v) is 9.09. The Kier molecular flexibility index (Phi) is 4.43. The maximum absolute atomic E-state index is 12.5. The highest BCUT2D eigenvalue weighted by Gasteiger charge is 2.19. The first-order valence-electron chi connectivity index (χ1n) is 7.61. The molecule has 0 spiro atoms. The maximum atomic E-state index is 12.5. The number of hydrogen-bond acceptors (Lipinski definition) is 4. The van der Waals surface area contributed by atoms with E-state index in [0.29, 0.717) is 11.4 Å². The average molecular weight is 332 g/mol. The van der Waals surface area contributed by atoms with Crippen LogP contribution in [0.15, 0.2) is 53.4 Å². The number of rotatable bonds is 5. The summed E-state index contributed by atoms with van der Waals surface area (Å²) >= 11 is 0. The number of anilines is 2. The molecule has 0 bridgehead atoms. The third-order valence-electron chi connectivity index (χ3n) is 3.95. The third-order valence-corrected chi connectivity index (χ3v) is 5.33. The number of methoxy groups -OCH3 is 1. The minimum atomic E-state index is -3.63. The first kappa shape index (κ1) is 15.7. The average Bonchev–Trinajstić information content (AvgIpc) is 3.10. The number of nitrogens with zero attached hydrogens (tertiary/aromatic N) is 1. The van der Waals surface area contributed by atoms with Crippen LogP contribution in [-0.2, 0) is 10.0 Å². The van der Waals surface area contributed by atoms with Crippen LogP contribution in [0.25, 0.3) is 0 Å². The molecule has 0 radical (unpaired) electrons. The highest BCUT2D eigenvalue weighted by molar-refractivity contribution is 7.92. The molecule has 2 aromatic rings. The van der Waals surface area contributed by atoms with Crippen LogP contribution in [0.4, 0.5) is 11.4 Å². The Bertz CT molecular complexity index is 770. The van der Waals surface area contributed by atoms with Crippen molar-refractivity contribution in [2.75, 3.05) is 29.8 Å². The summed E-state index contributed by atoms with van der Waals surface area (Å²) in [6.07, 6.45) is 2.33. The van der Waals surface area contributed by atoms with Gasteiger partial charge in [0.2, 0.25) is 0 Å². The zero-order valence-corrected chi connectivity index (χ0v) is 13.8. The van der Waals surface area contributed by atoms with Crippen molar-refractivity contribution in [2.24, 2.45) is 0 Å². The van der Waals surface area contributed by atoms with E-state index >= 15 is 0 Å². The molecule has 0 amide bonds. The SMILES string of the molecule is COc1ccc(N2CCCC2)cc1NS(=O)(=O)c1ccccc1. The third kappa shape index (κ3) is 3.42. The molecule has 0 atom stereocenters. The van der Waals surface area contributed by atoms with Crippen molar-refractivity contribution in [1.29, 1.82) is 0 Å². The molecule has 1 fully saturated rings. The Hall–Kier alpha value is -2.21. The Balaban J connectivity index is 1.93. The highest BCUT2D eigenvalue weighted by Crippen LogP contribution is 2.32. The largest absolute Gasteiger partial charge is 0.495 e. The lowest BCUT2D eigenvalue weighted by molar-refractivity contribution is 0.417. The number of sulfonamides is 1. The molecule has 0 saturated carbocycles. The van der Waals surface area contributed by atoms with Gasteiger partial charge in [0.05, 0.1) is 17.7 Å². The van der Waals surface area contributed by atoms with Gasteiger partial charge in [-0.25, -0.2) is 8.42 Å². The van der Waals surface area contributed by atoms with Crippen LogP contribution < -0.4 is 14.4 Å². The van der Waals surface area contributed by atoms with Gasteiger partial charge < -0.3 is 9.64 Å². The lowest BCUT2D eigenvalue weighted by atomic mass is 10.2. The predicted molar refractivity (Wildman–Crippen MR) is 91.7 cm³/mol. The van der Waals surface area contributed by atoms with Crippen molar-refractivity contribution in [3.63, 3.8) is 0 Å². The van der Waals surface area contributed by atoms with Crippen molar-refractivity contribution < 1.29 is 13.2 Å². The van der Waals surface area contributed by atoms with Crippen molar-refractivity contribution in [1.82, 2.24) is 0 Å². The van der Waals surface area contributed by atoms with E-state index in [0.717, 1.165) is 31.6 Å². The molecule has 1 aliphatic rings. The molecule has 6 heteroatoms. The van der Waals surface area contributed by atoms with E-state index in [1.54, 1.807) is 36.4 Å². The van der Waals surface area contributed by atoms with E-state index < -0.39 is 10.0 Å². The van der Waals surface area contributed by atoms with Crippen molar-refractivity contribution in [3.05, 3.63) is 48.5 Å². The Morgan fingerprint density at radius 2 is 1.74 bits per heavy atom.